The van der Waals surface area contributed by atoms with E-state index in [0.29, 0.717) is 12.6 Å². The van der Waals surface area contributed by atoms with Crippen molar-refractivity contribution in [2.24, 2.45) is 5.92 Å². The molecule has 2 aliphatic rings. The lowest BCUT2D eigenvalue weighted by Crippen LogP contribution is -2.41. The molecule has 0 aliphatic carbocycles. The summed E-state index contributed by atoms with van der Waals surface area (Å²) in [6, 6.07) is 0.337. The molecule has 2 atom stereocenters. The molecule has 1 amide bonds. The van der Waals surface area contributed by atoms with Gasteiger partial charge < -0.3 is 10.2 Å². The topological polar surface area (TPSA) is 63.1 Å². The number of aryl methyl sites for hydroxylation is 1. The summed E-state index contributed by atoms with van der Waals surface area (Å²) in [4.78, 5) is 18.5. The average Bonchev–Trinajstić information content (AvgIpc) is 2.96. The van der Waals surface area contributed by atoms with E-state index in [2.05, 4.69) is 15.4 Å². The quantitative estimate of drug-likeness (QED) is 0.819. The zero-order valence-electron chi connectivity index (χ0n) is 10.7. The van der Waals surface area contributed by atoms with E-state index in [1.54, 1.807) is 6.33 Å². The normalized spacial score (nSPS) is 27.6. The van der Waals surface area contributed by atoms with Gasteiger partial charge in [-0.1, -0.05) is 0 Å². The minimum atomic E-state index is 0.178. The van der Waals surface area contributed by atoms with E-state index in [0.717, 1.165) is 38.3 Å². The van der Waals surface area contributed by atoms with Gasteiger partial charge in [0.05, 0.1) is 12.5 Å². The van der Waals surface area contributed by atoms with Crippen LogP contribution in [0.1, 0.15) is 25.6 Å². The Bertz CT molecular complexity index is 443. The second-order valence-electron chi connectivity index (χ2n) is 5.02. The minimum Gasteiger partial charge on any atom is -0.333 e. The number of aromatic nitrogens is 3. The van der Waals surface area contributed by atoms with Gasteiger partial charge in [0, 0.05) is 19.1 Å². The summed E-state index contributed by atoms with van der Waals surface area (Å²) in [6.45, 7) is 5.25. The van der Waals surface area contributed by atoms with Gasteiger partial charge in [-0.05, 0) is 26.3 Å². The van der Waals surface area contributed by atoms with Gasteiger partial charge in [0.1, 0.15) is 12.2 Å². The number of hydrogen-bond acceptors (Lipinski definition) is 4. The Kier molecular flexibility index (Phi) is 3.03. The standard InChI is InChI=1S/C12H19N5O/c1-2-17-11(14-8-15-17)7-16-6-10-9(12(16)18)4-3-5-13-10/h8-10,13H,2-7H2,1H3. The van der Waals surface area contributed by atoms with Crippen molar-refractivity contribution in [1.82, 2.24) is 25.0 Å². The van der Waals surface area contributed by atoms with E-state index in [4.69, 9.17) is 0 Å². The third-order valence-corrected chi connectivity index (χ3v) is 3.96. The van der Waals surface area contributed by atoms with Crippen LogP contribution in [0.2, 0.25) is 0 Å². The maximum atomic E-state index is 12.3. The SMILES string of the molecule is CCn1ncnc1CN1CC2NCCCC2C1=O. The van der Waals surface area contributed by atoms with E-state index in [-0.39, 0.29) is 11.8 Å². The van der Waals surface area contributed by atoms with Gasteiger partial charge in [-0.3, -0.25) is 4.79 Å². The number of amides is 1. The monoisotopic (exact) mass is 249 g/mol. The predicted octanol–water partition coefficient (Wildman–Crippen LogP) is 0.00840. The molecule has 1 aromatic heterocycles. The molecule has 1 aromatic rings. The fourth-order valence-electron chi connectivity index (χ4n) is 2.99. The Morgan fingerprint density at radius 2 is 2.44 bits per heavy atom. The maximum absolute atomic E-state index is 12.3. The summed E-state index contributed by atoms with van der Waals surface area (Å²) < 4.78 is 1.85. The van der Waals surface area contributed by atoms with Gasteiger partial charge in [-0.15, -0.1) is 0 Å². The highest BCUT2D eigenvalue weighted by molar-refractivity contribution is 5.82. The van der Waals surface area contributed by atoms with Crippen molar-refractivity contribution in [3.05, 3.63) is 12.2 Å². The van der Waals surface area contributed by atoms with Crippen molar-refractivity contribution >= 4 is 5.91 Å². The highest BCUT2D eigenvalue weighted by atomic mass is 16.2. The molecule has 98 valence electrons. The molecule has 2 unspecified atom stereocenters. The van der Waals surface area contributed by atoms with E-state index in [1.165, 1.54) is 0 Å². The summed E-state index contributed by atoms with van der Waals surface area (Å²) in [7, 11) is 0. The average molecular weight is 249 g/mol. The minimum absolute atomic E-state index is 0.178. The number of fused-ring (bicyclic) bond motifs is 1. The van der Waals surface area contributed by atoms with Crippen LogP contribution in [0.25, 0.3) is 0 Å². The summed E-state index contributed by atoms with van der Waals surface area (Å²) in [5.74, 6) is 1.33. The lowest BCUT2D eigenvalue weighted by Gasteiger charge is -2.23. The number of likely N-dealkylation sites (tertiary alicyclic amines) is 1. The second-order valence-corrected chi connectivity index (χ2v) is 5.02. The molecule has 0 radical (unpaired) electrons. The molecular weight excluding hydrogens is 230 g/mol. The number of carbonyl (C=O) groups is 1. The molecular formula is C12H19N5O. The molecule has 1 N–H and O–H groups in total. The molecule has 0 bridgehead atoms. The van der Waals surface area contributed by atoms with Gasteiger partial charge in [0.25, 0.3) is 0 Å². The largest absolute Gasteiger partial charge is 0.333 e. The number of nitrogens with zero attached hydrogens (tertiary/aromatic N) is 4. The first kappa shape index (κ1) is 11.6. The summed E-state index contributed by atoms with van der Waals surface area (Å²) in [5.41, 5.74) is 0. The molecule has 0 saturated carbocycles. The van der Waals surface area contributed by atoms with Crippen LogP contribution in [-0.2, 0) is 17.9 Å². The van der Waals surface area contributed by atoms with Gasteiger partial charge in [-0.25, -0.2) is 9.67 Å². The number of carbonyl (C=O) groups excluding carboxylic acids is 1. The molecule has 3 heterocycles. The Hall–Kier alpha value is -1.43. The molecule has 2 fully saturated rings. The lowest BCUT2D eigenvalue weighted by atomic mass is 9.94. The van der Waals surface area contributed by atoms with Crippen molar-refractivity contribution in [3.8, 4) is 0 Å². The van der Waals surface area contributed by atoms with E-state index in [9.17, 15) is 4.79 Å². The highest BCUT2D eigenvalue weighted by Gasteiger charge is 2.41. The zero-order valence-corrected chi connectivity index (χ0v) is 10.7. The molecule has 2 saturated heterocycles. The van der Waals surface area contributed by atoms with Gasteiger partial charge in [-0.2, -0.15) is 5.10 Å². The number of nitrogens with one attached hydrogen (secondary N) is 1. The smallest absolute Gasteiger partial charge is 0.227 e. The Morgan fingerprint density at radius 3 is 3.22 bits per heavy atom. The molecule has 6 heteroatoms. The lowest BCUT2D eigenvalue weighted by molar-refractivity contribution is -0.132. The highest BCUT2D eigenvalue weighted by Crippen LogP contribution is 2.27. The second kappa shape index (κ2) is 4.68. The Balaban J connectivity index is 1.72. The van der Waals surface area contributed by atoms with Crippen LogP contribution in [0.5, 0.6) is 0 Å². The van der Waals surface area contributed by atoms with Crippen molar-refractivity contribution in [3.63, 3.8) is 0 Å². The van der Waals surface area contributed by atoms with Gasteiger partial charge in [0.2, 0.25) is 5.91 Å². The van der Waals surface area contributed by atoms with Crippen molar-refractivity contribution in [2.75, 3.05) is 13.1 Å². The van der Waals surface area contributed by atoms with E-state index >= 15 is 0 Å². The Morgan fingerprint density at radius 1 is 1.56 bits per heavy atom. The van der Waals surface area contributed by atoms with Crippen molar-refractivity contribution < 1.29 is 4.79 Å². The molecule has 6 nitrogen and oxygen atoms in total. The van der Waals surface area contributed by atoms with Crippen LogP contribution in [-0.4, -0.2) is 44.7 Å². The van der Waals surface area contributed by atoms with Crippen LogP contribution in [0, 0.1) is 5.92 Å². The van der Waals surface area contributed by atoms with Crippen LogP contribution in [0.15, 0.2) is 6.33 Å². The maximum Gasteiger partial charge on any atom is 0.227 e. The van der Waals surface area contributed by atoms with Crippen molar-refractivity contribution in [1.29, 1.82) is 0 Å². The molecule has 0 aromatic carbocycles. The van der Waals surface area contributed by atoms with Crippen LogP contribution in [0.4, 0.5) is 0 Å². The summed E-state index contributed by atoms with van der Waals surface area (Å²) in [5, 5.41) is 7.59. The fourth-order valence-corrected chi connectivity index (χ4v) is 2.99. The zero-order chi connectivity index (χ0) is 12.5. The fraction of sp³-hybridized carbons (Fsp3) is 0.750. The first-order chi connectivity index (χ1) is 8.79. The molecule has 2 aliphatic heterocycles. The summed E-state index contributed by atoms with van der Waals surface area (Å²) in [6.07, 6.45) is 3.68. The molecule has 3 rings (SSSR count). The number of rotatable bonds is 3. The van der Waals surface area contributed by atoms with E-state index < -0.39 is 0 Å². The predicted molar refractivity (Wildman–Crippen MR) is 65.6 cm³/mol. The Labute approximate surface area is 106 Å². The third-order valence-electron chi connectivity index (χ3n) is 3.96. The first-order valence-electron chi connectivity index (χ1n) is 6.68. The molecule has 0 spiro atoms. The van der Waals surface area contributed by atoms with Crippen LogP contribution >= 0.6 is 0 Å². The molecule has 18 heavy (non-hydrogen) atoms. The first-order valence-corrected chi connectivity index (χ1v) is 6.68. The van der Waals surface area contributed by atoms with Gasteiger partial charge in [0.15, 0.2) is 0 Å². The third kappa shape index (κ3) is 1.90. The van der Waals surface area contributed by atoms with E-state index in [1.807, 2.05) is 16.5 Å². The van der Waals surface area contributed by atoms with Gasteiger partial charge >= 0.3 is 0 Å². The summed E-state index contributed by atoms with van der Waals surface area (Å²) >= 11 is 0. The van der Waals surface area contributed by atoms with Crippen LogP contribution in [0.3, 0.4) is 0 Å². The number of hydrogen-bond donors (Lipinski definition) is 1. The van der Waals surface area contributed by atoms with Crippen molar-refractivity contribution in [2.45, 2.75) is 38.9 Å². The van der Waals surface area contributed by atoms with Crippen LogP contribution < -0.4 is 5.32 Å². The number of piperidine rings is 1.